The molecule has 0 aromatic heterocycles. The Morgan fingerprint density at radius 2 is 2.00 bits per heavy atom. The summed E-state index contributed by atoms with van der Waals surface area (Å²) in [6.07, 6.45) is 1.62. The van der Waals surface area contributed by atoms with Gasteiger partial charge in [-0.1, -0.05) is 35.9 Å². The minimum absolute atomic E-state index is 0.182. The van der Waals surface area contributed by atoms with Gasteiger partial charge in [0.1, 0.15) is 18.4 Å². The summed E-state index contributed by atoms with van der Waals surface area (Å²) in [5, 5.41) is -0.492. The van der Waals surface area contributed by atoms with Crippen LogP contribution in [0.15, 0.2) is 51.8 Å². The molecule has 2 aromatic rings. The number of halogens is 1. The molecular weight excluding hydrogens is 482 g/mol. The molecule has 0 radical (unpaired) electrons. The van der Waals surface area contributed by atoms with Gasteiger partial charge < -0.3 is 9.47 Å². The van der Waals surface area contributed by atoms with E-state index < -0.39 is 23.2 Å². The summed E-state index contributed by atoms with van der Waals surface area (Å²) >= 11 is 4.30. The smallest absolute Gasteiger partial charge is 0.329 e. The predicted molar refractivity (Wildman–Crippen MR) is 124 cm³/mol. The van der Waals surface area contributed by atoms with E-state index in [0.29, 0.717) is 12.4 Å². The van der Waals surface area contributed by atoms with Crippen molar-refractivity contribution >= 4 is 50.9 Å². The minimum Gasteiger partial charge on any atom is -0.488 e. The Bertz CT molecular complexity index is 1050. The van der Waals surface area contributed by atoms with Crippen LogP contribution in [0.3, 0.4) is 0 Å². The Kier molecular flexibility index (Phi) is 7.56. The lowest BCUT2D eigenvalue weighted by Crippen LogP contribution is -2.42. The number of hydrogen-bond acceptors (Lipinski definition) is 6. The van der Waals surface area contributed by atoms with E-state index in [1.54, 1.807) is 25.1 Å². The number of amides is 2. The number of aryl methyl sites for hydroxylation is 1. The standard InChI is InChI=1S/C23H22BrNO5S/c1-4-29-22(27)15(3)25-21(26)20(31-23(25)28)12-16-8-9-19(18(24)11-16)30-13-17-7-5-6-14(2)10-17/h5-12,15H,4,13H2,1-3H3/b20-12+/t15-/m0/s1. The molecule has 0 N–H and O–H groups in total. The predicted octanol–water partition coefficient (Wildman–Crippen LogP) is 5.32. The van der Waals surface area contributed by atoms with E-state index in [2.05, 4.69) is 22.0 Å². The number of carbonyl (C=O) groups excluding carboxylic acids is 3. The molecule has 0 bridgehead atoms. The molecule has 0 aliphatic carbocycles. The summed E-state index contributed by atoms with van der Waals surface area (Å²) in [5.74, 6) is -0.446. The lowest BCUT2D eigenvalue weighted by atomic mass is 10.1. The van der Waals surface area contributed by atoms with Crippen LogP contribution in [0.1, 0.15) is 30.5 Å². The van der Waals surface area contributed by atoms with Gasteiger partial charge in [0.2, 0.25) is 0 Å². The molecule has 1 atom stereocenters. The van der Waals surface area contributed by atoms with Crippen molar-refractivity contribution < 1.29 is 23.9 Å². The average Bonchev–Trinajstić information content (AvgIpc) is 3.00. The Morgan fingerprint density at radius 1 is 1.23 bits per heavy atom. The van der Waals surface area contributed by atoms with Crippen molar-refractivity contribution in [3.05, 3.63) is 68.5 Å². The molecule has 3 rings (SSSR count). The zero-order valence-electron chi connectivity index (χ0n) is 17.4. The SMILES string of the molecule is CCOC(=O)[C@H](C)N1C(=O)S/C(=C/c2ccc(OCc3cccc(C)c3)c(Br)c2)C1=O. The first-order valence-corrected chi connectivity index (χ1v) is 11.3. The van der Waals surface area contributed by atoms with Crippen molar-refractivity contribution in [1.82, 2.24) is 4.90 Å². The highest BCUT2D eigenvalue weighted by atomic mass is 79.9. The van der Waals surface area contributed by atoms with Gasteiger partial charge in [0.25, 0.3) is 11.1 Å². The fourth-order valence-corrected chi connectivity index (χ4v) is 4.44. The highest BCUT2D eigenvalue weighted by molar-refractivity contribution is 9.10. The van der Waals surface area contributed by atoms with Crippen molar-refractivity contribution in [2.45, 2.75) is 33.4 Å². The number of nitrogens with zero attached hydrogens (tertiary/aromatic N) is 1. The van der Waals surface area contributed by atoms with E-state index in [-0.39, 0.29) is 11.5 Å². The van der Waals surface area contributed by atoms with Crippen molar-refractivity contribution in [2.24, 2.45) is 0 Å². The van der Waals surface area contributed by atoms with Crippen molar-refractivity contribution in [3.63, 3.8) is 0 Å². The first kappa shape index (κ1) is 23.1. The quantitative estimate of drug-likeness (QED) is 0.375. The number of rotatable bonds is 7. The molecular formula is C23H22BrNO5S. The van der Waals surface area contributed by atoms with E-state index in [1.807, 2.05) is 31.2 Å². The van der Waals surface area contributed by atoms with Crippen LogP contribution >= 0.6 is 27.7 Å². The van der Waals surface area contributed by atoms with Gasteiger partial charge in [0.15, 0.2) is 0 Å². The number of hydrogen-bond donors (Lipinski definition) is 0. The van der Waals surface area contributed by atoms with Crippen molar-refractivity contribution in [1.29, 1.82) is 0 Å². The summed E-state index contributed by atoms with van der Waals surface area (Å²) in [6, 6.07) is 12.5. The Morgan fingerprint density at radius 3 is 2.68 bits per heavy atom. The average molecular weight is 504 g/mol. The van der Waals surface area contributed by atoms with Crippen molar-refractivity contribution in [3.8, 4) is 5.75 Å². The van der Waals surface area contributed by atoms with Crippen LogP contribution in [-0.4, -0.2) is 34.7 Å². The topological polar surface area (TPSA) is 72.9 Å². The molecule has 6 nitrogen and oxygen atoms in total. The van der Waals surface area contributed by atoms with Crippen LogP contribution in [-0.2, 0) is 20.9 Å². The monoisotopic (exact) mass is 503 g/mol. The maximum absolute atomic E-state index is 12.7. The fraction of sp³-hybridized carbons (Fsp3) is 0.261. The molecule has 2 aromatic carbocycles. The molecule has 0 unspecified atom stereocenters. The van der Waals surface area contributed by atoms with Gasteiger partial charge in [0, 0.05) is 0 Å². The number of carbonyl (C=O) groups is 3. The molecule has 31 heavy (non-hydrogen) atoms. The van der Waals surface area contributed by atoms with Crippen molar-refractivity contribution in [2.75, 3.05) is 6.61 Å². The van der Waals surface area contributed by atoms with Gasteiger partial charge in [-0.3, -0.25) is 14.5 Å². The second-order valence-electron chi connectivity index (χ2n) is 6.95. The molecule has 1 fully saturated rings. The minimum atomic E-state index is -0.970. The van der Waals surface area contributed by atoms with Crippen LogP contribution in [0, 0.1) is 6.92 Å². The van der Waals surface area contributed by atoms with Crippen LogP contribution in [0.5, 0.6) is 5.75 Å². The first-order valence-electron chi connectivity index (χ1n) is 9.71. The molecule has 1 aliphatic heterocycles. The summed E-state index contributed by atoms with van der Waals surface area (Å²) in [4.78, 5) is 38.1. The zero-order valence-corrected chi connectivity index (χ0v) is 19.8. The summed E-state index contributed by atoms with van der Waals surface area (Å²) in [7, 11) is 0. The van der Waals surface area contributed by atoms with E-state index in [0.717, 1.165) is 32.3 Å². The number of benzene rings is 2. The lowest BCUT2D eigenvalue weighted by molar-refractivity contribution is -0.150. The summed E-state index contributed by atoms with van der Waals surface area (Å²) < 4.78 is 11.5. The maximum Gasteiger partial charge on any atom is 0.329 e. The van der Waals surface area contributed by atoms with E-state index in [9.17, 15) is 14.4 Å². The Hall–Kier alpha value is -2.58. The second-order valence-corrected chi connectivity index (χ2v) is 8.79. The summed E-state index contributed by atoms with van der Waals surface area (Å²) in [6.45, 7) is 5.80. The van der Waals surface area contributed by atoms with Crippen LogP contribution in [0.2, 0.25) is 0 Å². The molecule has 0 saturated carbocycles. The number of thioether (sulfide) groups is 1. The van der Waals surface area contributed by atoms with Crippen LogP contribution < -0.4 is 4.74 Å². The second kappa shape index (κ2) is 10.2. The van der Waals surface area contributed by atoms with Gasteiger partial charge in [-0.25, -0.2) is 4.79 Å². The van der Waals surface area contributed by atoms with Crippen LogP contribution in [0.25, 0.3) is 6.08 Å². The highest BCUT2D eigenvalue weighted by Gasteiger charge is 2.41. The molecule has 1 heterocycles. The molecule has 1 aliphatic rings. The third-order valence-electron chi connectivity index (χ3n) is 4.57. The first-order chi connectivity index (χ1) is 14.8. The zero-order chi connectivity index (χ0) is 22.5. The van der Waals surface area contributed by atoms with E-state index in [1.165, 1.54) is 12.5 Å². The number of ether oxygens (including phenoxy) is 2. The Labute approximate surface area is 193 Å². The fourth-order valence-electron chi connectivity index (χ4n) is 3.02. The lowest BCUT2D eigenvalue weighted by Gasteiger charge is -2.19. The largest absolute Gasteiger partial charge is 0.488 e. The third kappa shape index (κ3) is 5.57. The summed E-state index contributed by atoms with van der Waals surface area (Å²) in [5.41, 5.74) is 2.96. The molecule has 8 heteroatoms. The molecule has 2 amide bonds. The normalized spacial score (nSPS) is 16.0. The van der Waals surface area contributed by atoms with E-state index >= 15 is 0 Å². The molecule has 162 valence electrons. The maximum atomic E-state index is 12.7. The highest BCUT2D eigenvalue weighted by Crippen LogP contribution is 2.35. The van der Waals surface area contributed by atoms with Gasteiger partial charge in [-0.05, 0) is 77.8 Å². The molecule has 1 saturated heterocycles. The number of esters is 1. The third-order valence-corrected chi connectivity index (χ3v) is 6.07. The van der Waals surface area contributed by atoms with Gasteiger partial charge in [-0.15, -0.1) is 0 Å². The Balaban J connectivity index is 1.72. The van der Waals surface area contributed by atoms with Gasteiger partial charge in [-0.2, -0.15) is 0 Å². The molecule has 0 spiro atoms. The van der Waals surface area contributed by atoms with Gasteiger partial charge in [0.05, 0.1) is 16.0 Å². The van der Waals surface area contributed by atoms with Crippen LogP contribution in [0.4, 0.5) is 4.79 Å². The van der Waals surface area contributed by atoms with E-state index in [4.69, 9.17) is 9.47 Å². The van der Waals surface area contributed by atoms with Gasteiger partial charge >= 0.3 is 5.97 Å². The number of imide groups is 1.